The van der Waals surface area contributed by atoms with Gasteiger partial charge in [0.05, 0.1) is 19.3 Å². The largest absolute Gasteiger partial charge is 0.481 e. The number of carbonyl (C=O) groups is 1. The van der Waals surface area contributed by atoms with Crippen molar-refractivity contribution < 1.29 is 14.3 Å². The molecular formula is C16H25N5O3. The molecule has 0 aliphatic carbocycles. The number of amides is 1. The van der Waals surface area contributed by atoms with Crippen molar-refractivity contribution in [2.45, 2.75) is 25.8 Å². The third-order valence-corrected chi connectivity index (χ3v) is 5.02. The molecular weight excluding hydrogens is 310 g/mol. The first-order valence-corrected chi connectivity index (χ1v) is 8.25. The Kier molecular flexibility index (Phi) is 4.60. The van der Waals surface area contributed by atoms with Gasteiger partial charge >= 0.3 is 0 Å². The molecule has 0 bridgehead atoms. The van der Waals surface area contributed by atoms with E-state index in [1.165, 1.54) is 0 Å². The van der Waals surface area contributed by atoms with Crippen LogP contribution in [0.1, 0.15) is 17.8 Å². The fourth-order valence-electron chi connectivity index (χ4n) is 3.60. The summed E-state index contributed by atoms with van der Waals surface area (Å²) in [7, 11) is 1.62. The number of primary amides is 1. The van der Waals surface area contributed by atoms with Gasteiger partial charge < -0.3 is 20.1 Å². The van der Waals surface area contributed by atoms with Crippen LogP contribution < -0.4 is 15.4 Å². The smallest absolute Gasteiger partial charge is 0.240 e. The van der Waals surface area contributed by atoms with Crippen LogP contribution in [0, 0.1) is 13.8 Å². The highest BCUT2D eigenvalue weighted by atomic mass is 16.5. The van der Waals surface area contributed by atoms with E-state index in [4.69, 9.17) is 15.2 Å². The van der Waals surface area contributed by atoms with Gasteiger partial charge in [0.15, 0.2) is 0 Å². The van der Waals surface area contributed by atoms with Gasteiger partial charge in [0.25, 0.3) is 0 Å². The van der Waals surface area contributed by atoms with Crippen molar-refractivity contribution in [2.24, 2.45) is 5.73 Å². The Balaban J connectivity index is 1.76. The molecule has 2 saturated heterocycles. The Hall–Kier alpha value is -1.93. The van der Waals surface area contributed by atoms with Gasteiger partial charge in [-0.3, -0.25) is 9.69 Å². The van der Waals surface area contributed by atoms with E-state index in [1.807, 2.05) is 13.8 Å². The van der Waals surface area contributed by atoms with Crippen LogP contribution in [-0.2, 0) is 9.53 Å². The first-order valence-electron chi connectivity index (χ1n) is 8.25. The third kappa shape index (κ3) is 2.80. The van der Waals surface area contributed by atoms with Crippen molar-refractivity contribution in [1.82, 2.24) is 14.9 Å². The number of methoxy groups -OCH3 is 1. The van der Waals surface area contributed by atoms with E-state index in [2.05, 4.69) is 19.8 Å². The van der Waals surface area contributed by atoms with Crippen molar-refractivity contribution >= 4 is 11.7 Å². The van der Waals surface area contributed by atoms with Gasteiger partial charge in [-0.05, 0) is 13.8 Å². The molecule has 0 saturated carbocycles. The zero-order chi connectivity index (χ0) is 17.3. The first kappa shape index (κ1) is 16.9. The van der Waals surface area contributed by atoms with E-state index in [0.29, 0.717) is 31.3 Å². The van der Waals surface area contributed by atoms with Crippen LogP contribution in [0.15, 0.2) is 0 Å². The first-order chi connectivity index (χ1) is 11.5. The minimum Gasteiger partial charge on any atom is -0.481 e. The number of carbonyl (C=O) groups excluding carboxylic acids is 1. The highest BCUT2D eigenvalue weighted by Crippen LogP contribution is 2.30. The summed E-state index contributed by atoms with van der Waals surface area (Å²) in [5.74, 6) is 1.91. The third-order valence-electron chi connectivity index (χ3n) is 5.02. The molecule has 3 heterocycles. The minimum absolute atomic E-state index is 0.288. The van der Waals surface area contributed by atoms with Gasteiger partial charge in [-0.25, -0.2) is 4.98 Å². The lowest BCUT2D eigenvalue weighted by atomic mass is 9.94. The molecule has 132 valence electrons. The summed E-state index contributed by atoms with van der Waals surface area (Å²) in [4.78, 5) is 25.3. The van der Waals surface area contributed by atoms with Gasteiger partial charge in [0.2, 0.25) is 11.8 Å². The summed E-state index contributed by atoms with van der Waals surface area (Å²) >= 11 is 0. The average Bonchev–Trinajstić information content (AvgIpc) is 3.08. The predicted molar refractivity (Wildman–Crippen MR) is 89.2 cm³/mol. The SMILES string of the molecule is COc1nc(C)nc(N2CCN(C3(C(N)=O)CCOC3)CC2)c1C. The Morgan fingerprint density at radius 1 is 1.25 bits per heavy atom. The second-order valence-electron chi connectivity index (χ2n) is 6.40. The van der Waals surface area contributed by atoms with Crippen molar-refractivity contribution in [3.63, 3.8) is 0 Å². The van der Waals surface area contributed by atoms with E-state index >= 15 is 0 Å². The maximum atomic E-state index is 12.0. The molecule has 8 nitrogen and oxygen atoms in total. The molecule has 0 spiro atoms. The van der Waals surface area contributed by atoms with Gasteiger partial charge in [-0.2, -0.15) is 4.98 Å². The summed E-state index contributed by atoms with van der Waals surface area (Å²) in [6.07, 6.45) is 0.668. The van der Waals surface area contributed by atoms with Crippen LogP contribution in [0.5, 0.6) is 5.88 Å². The molecule has 1 unspecified atom stereocenters. The van der Waals surface area contributed by atoms with Gasteiger partial charge in [0.1, 0.15) is 17.2 Å². The van der Waals surface area contributed by atoms with Gasteiger partial charge in [0, 0.05) is 39.2 Å². The highest BCUT2D eigenvalue weighted by Gasteiger charge is 2.46. The molecule has 0 aromatic carbocycles. The number of hydrogen-bond donors (Lipinski definition) is 1. The minimum atomic E-state index is -0.652. The maximum Gasteiger partial charge on any atom is 0.240 e. The van der Waals surface area contributed by atoms with Gasteiger partial charge in [-0.15, -0.1) is 0 Å². The standard InChI is InChI=1S/C16H25N5O3/c1-11-13(18-12(2)19-14(11)23-3)20-5-7-21(8-6-20)16(15(17)22)4-9-24-10-16/h4-10H2,1-3H3,(H2,17,22). The summed E-state index contributed by atoms with van der Waals surface area (Å²) in [6.45, 7) is 7.85. The average molecular weight is 335 g/mol. The lowest BCUT2D eigenvalue weighted by Crippen LogP contribution is -2.63. The number of aryl methyl sites for hydroxylation is 1. The molecule has 2 fully saturated rings. The summed E-state index contributed by atoms with van der Waals surface area (Å²) in [5, 5.41) is 0. The number of rotatable bonds is 4. The Morgan fingerprint density at radius 2 is 1.96 bits per heavy atom. The van der Waals surface area contributed by atoms with Crippen molar-refractivity contribution in [3.8, 4) is 5.88 Å². The Morgan fingerprint density at radius 3 is 2.50 bits per heavy atom. The quantitative estimate of drug-likeness (QED) is 0.819. The maximum absolute atomic E-state index is 12.0. The second kappa shape index (κ2) is 6.52. The number of nitrogens with zero attached hydrogens (tertiary/aromatic N) is 4. The Labute approximate surface area is 141 Å². The van der Waals surface area contributed by atoms with Crippen molar-refractivity contribution in [1.29, 1.82) is 0 Å². The lowest BCUT2D eigenvalue weighted by molar-refractivity contribution is -0.130. The molecule has 3 rings (SSSR count). The molecule has 1 aromatic rings. The topological polar surface area (TPSA) is 93.8 Å². The van der Waals surface area contributed by atoms with Crippen LogP contribution in [0.25, 0.3) is 0 Å². The van der Waals surface area contributed by atoms with Gasteiger partial charge in [-0.1, -0.05) is 0 Å². The Bertz CT molecular complexity index is 622. The summed E-state index contributed by atoms with van der Waals surface area (Å²) < 4.78 is 10.8. The summed E-state index contributed by atoms with van der Waals surface area (Å²) in [6, 6.07) is 0. The van der Waals surface area contributed by atoms with E-state index < -0.39 is 5.54 Å². The molecule has 1 aromatic heterocycles. The van der Waals surface area contributed by atoms with Crippen LogP contribution in [0.3, 0.4) is 0 Å². The summed E-state index contributed by atoms with van der Waals surface area (Å²) in [5.41, 5.74) is 5.96. The van der Waals surface area contributed by atoms with Crippen LogP contribution >= 0.6 is 0 Å². The molecule has 2 N–H and O–H groups in total. The van der Waals surface area contributed by atoms with Crippen molar-refractivity contribution in [3.05, 3.63) is 11.4 Å². The fraction of sp³-hybridized carbons (Fsp3) is 0.688. The number of aromatic nitrogens is 2. The number of ether oxygens (including phenoxy) is 2. The van der Waals surface area contributed by atoms with Crippen LogP contribution in [-0.4, -0.2) is 72.8 Å². The zero-order valence-electron chi connectivity index (χ0n) is 14.5. The van der Waals surface area contributed by atoms with Crippen molar-refractivity contribution in [2.75, 3.05) is 51.4 Å². The molecule has 0 radical (unpaired) electrons. The number of nitrogens with two attached hydrogens (primary N) is 1. The molecule has 24 heavy (non-hydrogen) atoms. The molecule has 8 heteroatoms. The number of piperazine rings is 1. The molecule has 2 aliphatic rings. The second-order valence-corrected chi connectivity index (χ2v) is 6.40. The zero-order valence-corrected chi connectivity index (χ0v) is 14.5. The normalized spacial score (nSPS) is 25.0. The van der Waals surface area contributed by atoms with E-state index in [1.54, 1.807) is 7.11 Å². The monoisotopic (exact) mass is 335 g/mol. The van der Waals surface area contributed by atoms with Crippen LogP contribution in [0.4, 0.5) is 5.82 Å². The highest BCUT2D eigenvalue weighted by molar-refractivity contribution is 5.85. The molecule has 1 atom stereocenters. The number of hydrogen-bond acceptors (Lipinski definition) is 7. The van der Waals surface area contributed by atoms with E-state index in [-0.39, 0.29) is 5.91 Å². The predicted octanol–water partition coefficient (Wildman–Crippen LogP) is -0.132. The lowest BCUT2D eigenvalue weighted by Gasteiger charge is -2.43. The van der Waals surface area contributed by atoms with E-state index in [9.17, 15) is 4.79 Å². The fourth-order valence-corrected chi connectivity index (χ4v) is 3.60. The molecule has 2 aliphatic heterocycles. The van der Waals surface area contributed by atoms with Crippen LogP contribution in [0.2, 0.25) is 0 Å². The molecule has 1 amide bonds. The number of anilines is 1. The van der Waals surface area contributed by atoms with E-state index in [0.717, 1.165) is 37.6 Å².